The number of nitrogens with zero attached hydrogens (tertiary/aromatic N) is 2. The molecule has 0 aliphatic carbocycles. The van der Waals surface area contributed by atoms with Crippen molar-refractivity contribution in [3.8, 4) is 0 Å². The molecule has 2 heterocycles. The van der Waals surface area contributed by atoms with Gasteiger partial charge in [0.2, 0.25) is 0 Å². The van der Waals surface area contributed by atoms with Gasteiger partial charge in [0.15, 0.2) is 6.04 Å². The number of hydrogen-bond acceptors (Lipinski definition) is 3. The van der Waals surface area contributed by atoms with Crippen LogP contribution in [-0.2, 0) is 0 Å². The Bertz CT molecular complexity index is 1120. The summed E-state index contributed by atoms with van der Waals surface area (Å²) < 4.78 is 42.3. The second kappa shape index (κ2) is 7.92. The number of alkyl halides is 3. The van der Waals surface area contributed by atoms with Crippen LogP contribution < -0.4 is 10.6 Å². The second-order valence-corrected chi connectivity index (χ2v) is 8.03. The van der Waals surface area contributed by atoms with Crippen LogP contribution in [-0.4, -0.2) is 21.9 Å². The van der Waals surface area contributed by atoms with Crippen molar-refractivity contribution in [1.82, 2.24) is 9.78 Å². The van der Waals surface area contributed by atoms with Gasteiger partial charge < -0.3 is 10.6 Å². The van der Waals surface area contributed by atoms with E-state index in [0.29, 0.717) is 21.8 Å². The van der Waals surface area contributed by atoms with Gasteiger partial charge in [0, 0.05) is 17.1 Å². The average molecular weight is 449 g/mol. The average Bonchev–Trinajstić information content (AvgIpc) is 3.14. The fourth-order valence-corrected chi connectivity index (χ4v) is 3.85. The summed E-state index contributed by atoms with van der Waals surface area (Å²) in [7, 11) is 0. The molecule has 0 saturated heterocycles. The van der Waals surface area contributed by atoms with E-state index in [0.717, 1.165) is 16.4 Å². The SMILES string of the molecule is Cc1ccc([C@@H]2C[C@H](C(F)(F)F)n3ncc(C(=O)Nc4cccc(Cl)c4C)c3N2)cc1. The summed E-state index contributed by atoms with van der Waals surface area (Å²) in [4.78, 5) is 12.9. The predicted octanol–water partition coefficient (Wildman–Crippen LogP) is 6.07. The Morgan fingerprint density at radius 1 is 1.19 bits per heavy atom. The van der Waals surface area contributed by atoms with E-state index >= 15 is 0 Å². The number of halogens is 4. The molecule has 0 fully saturated rings. The molecule has 5 nitrogen and oxygen atoms in total. The van der Waals surface area contributed by atoms with E-state index < -0.39 is 24.2 Å². The van der Waals surface area contributed by atoms with Crippen molar-refractivity contribution in [3.05, 3.63) is 75.9 Å². The molecule has 31 heavy (non-hydrogen) atoms. The van der Waals surface area contributed by atoms with Gasteiger partial charge in [0.25, 0.3) is 5.91 Å². The topological polar surface area (TPSA) is 59.0 Å². The first-order valence-corrected chi connectivity index (χ1v) is 10.1. The number of benzene rings is 2. The maximum Gasteiger partial charge on any atom is 0.410 e. The Balaban J connectivity index is 1.70. The molecule has 4 rings (SSSR count). The van der Waals surface area contributed by atoms with Gasteiger partial charge in [-0.1, -0.05) is 47.5 Å². The fraction of sp³-hybridized carbons (Fsp3) is 0.273. The van der Waals surface area contributed by atoms with Crippen LogP contribution >= 0.6 is 11.6 Å². The Hall–Kier alpha value is -3.00. The molecular formula is C22H20ClF3N4O. The molecule has 2 aromatic carbocycles. The molecule has 0 spiro atoms. The number of amides is 1. The quantitative estimate of drug-likeness (QED) is 0.511. The van der Waals surface area contributed by atoms with Gasteiger partial charge in [-0.25, -0.2) is 4.68 Å². The van der Waals surface area contributed by atoms with Gasteiger partial charge in [-0.05, 0) is 37.1 Å². The predicted molar refractivity (Wildman–Crippen MR) is 114 cm³/mol. The molecule has 1 aliphatic rings. The van der Waals surface area contributed by atoms with Crippen LogP contribution in [0.3, 0.4) is 0 Å². The van der Waals surface area contributed by atoms with Crippen molar-refractivity contribution >= 4 is 29.0 Å². The van der Waals surface area contributed by atoms with Gasteiger partial charge in [0.05, 0.1) is 12.2 Å². The zero-order valence-electron chi connectivity index (χ0n) is 16.8. The molecule has 1 aromatic heterocycles. The number of carbonyl (C=O) groups excluding carboxylic acids is 1. The molecular weight excluding hydrogens is 429 g/mol. The zero-order chi connectivity index (χ0) is 22.3. The highest BCUT2D eigenvalue weighted by Gasteiger charge is 2.47. The number of fused-ring (bicyclic) bond motifs is 1. The number of aryl methyl sites for hydroxylation is 1. The van der Waals surface area contributed by atoms with Crippen LogP contribution in [0, 0.1) is 13.8 Å². The summed E-state index contributed by atoms with van der Waals surface area (Å²) in [6, 6.07) is 9.88. The van der Waals surface area contributed by atoms with E-state index in [-0.39, 0.29) is 17.8 Å². The number of rotatable bonds is 3. The summed E-state index contributed by atoms with van der Waals surface area (Å²) in [5.74, 6) is -0.527. The molecule has 1 aliphatic heterocycles. The molecule has 1 amide bonds. The first-order chi connectivity index (χ1) is 14.6. The minimum atomic E-state index is -4.51. The van der Waals surface area contributed by atoms with Crippen LogP contribution in [0.2, 0.25) is 5.02 Å². The molecule has 9 heteroatoms. The molecule has 2 N–H and O–H groups in total. The summed E-state index contributed by atoms with van der Waals surface area (Å²) in [6.45, 7) is 3.66. The molecule has 3 aromatic rings. The molecule has 0 unspecified atom stereocenters. The van der Waals surface area contributed by atoms with Crippen LogP contribution in [0.15, 0.2) is 48.7 Å². The van der Waals surface area contributed by atoms with E-state index in [1.54, 1.807) is 37.3 Å². The van der Waals surface area contributed by atoms with Crippen molar-refractivity contribution in [3.63, 3.8) is 0 Å². The van der Waals surface area contributed by atoms with Crippen LogP contribution in [0.25, 0.3) is 0 Å². The van der Waals surface area contributed by atoms with Gasteiger partial charge in [-0.2, -0.15) is 18.3 Å². The molecule has 0 radical (unpaired) electrons. The first-order valence-electron chi connectivity index (χ1n) is 9.69. The first kappa shape index (κ1) is 21.2. The Morgan fingerprint density at radius 3 is 2.58 bits per heavy atom. The molecule has 0 bridgehead atoms. The molecule has 0 saturated carbocycles. The van der Waals surface area contributed by atoms with Gasteiger partial charge in [0.1, 0.15) is 11.4 Å². The van der Waals surface area contributed by atoms with Crippen molar-refractivity contribution in [2.45, 2.75) is 38.5 Å². The highest BCUT2D eigenvalue weighted by Crippen LogP contribution is 2.44. The van der Waals surface area contributed by atoms with E-state index in [9.17, 15) is 18.0 Å². The number of nitrogens with one attached hydrogen (secondary N) is 2. The van der Waals surface area contributed by atoms with Crippen molar-refractivity contribution in [2.75, 3.05) is 10.6 Å². The number of anilines is 2. The van der Waals surface area contributed by atoms with Gasteiger partial charge in [-0.3, -0.25) is 4.79 Å². The fourth-order valence-electron chi connectivity index (χ4n) is 3.68. The van der Waals surface area contributed by atoms with Crippen molar-refractivity contribution in [2.24, 2.45) is 0 Å². The summed E-state index contributed by atoms with van der Waals surface area (Å²) in [5, 5.41) is 10.2. The normalized spacial score (nSPS) is 18.3. The highest BCUT2D eigenvalue weighted by atomic mass is 35.5. The maximum atomic E-state index is 13.8. The van der Waals surface area contributed by atoms with E-state index in [1.807, 2.05) is 19.1 Å². The van der Waals surface area contributed by atoms with Gasteiger partial charge >= 0.3 is 6.18 Å². The third-order valence-electron chi connectivity index (χ3n) is 5.48. The largest absolute Gasteiger partial charge is 0.410 e. The lowest BCUT2D eigenvalue weighted by molar-refractivity contribution is -0.173. The Morgan fingerprint density at radius 2 is 1.90 bits per heavy atom. The van der Waals surface area contributed by atoms with E-state index in [2.05, 4.69) is 15.7 Å². The Kier molecular flexibility index (Phi) is 5.43. The monoisotopic (exact) mass is 448 g/mol. The Labute approximate surface area is 182 Å². The van der Waals surface area contributed by atoms with Crippen LogP contribution in [0.1, 0.15) is 45.6 Å². The van der Waals surface area contributed by atoms with E-state index in [4.69, 9.17) is 11.6 Å². The lowest BCUT2D eigenvalue weighted by Gasteiger charge is -2.34. The number of aromatic nitrogens is 2. The summed E-state index contributed by atoms with van der Waals surface area (Å²) in [5.41, 5.74) is 2.90. The lowest BCUT2D eigenvalue weighted by atomic mass is 9.96. The lowest BCUT2D eigenvalue weighted by Crippen LogP contribution is -2.36. The third kappa shape index (κ3) is 4.12. The number of hydrogen-bond donors (Lipinski definition) is 2. The minimum absolute atomic E-state index is 0.0328. The maximum absolute atomic E-state index is 13.8. The van der Waals surface area contributed by atoms with Gasteiger partial charge in [-0.15, -0.1) is 0 Å². The smallest absolute Gasteiger partial charge is 0.363 e. The van der Waals surface area contributed by atoms with Crippen LogP contribution in [0.4, 0.5) is 24.7 Å². The standard InChI is InChI=1S/C22H20ClF3N4O/c1-12-6-8-14(9-7-12)18-10-19(22(24,25)26)30-20(28-18)15(11-27-30)21(31)29-17-5-3-4-16(23)13(17)2/h3-9,11,18-19,28H,10H2,1-2H3,(H,29,31)/t18-,19+/m0/s1. The van der Waals surface area contributed by atoms with Crippen molar-refractivity contribution in [1.29, 1.82) is 0 Å². The van der Waals surface area contributed by atoms with Crippen LogP contribution in [0.5, 0.6) is 0 Å². The molecule has 162 valence electrons. The highest BCUT2D eigenvalue weighted by molar-refractivity contribution is 6.31. The summed E-state index contributed by atoms with van der Waals surface area (Å²) >= 11 is 6.10. The minimum Gasteiger partial charge on any atom is -0.363 e. The van der Waals surface area contributed by atoms with E-state index in [1.165, 1.54) is 0 Å². The number of carbonyl (C=O) groups is 1. The third-order valence-corrected chi connectivity index (χ3v) is 5.89. The molecule has 2 atom stereocenters. The van der Waals surface area contributed by atoms with Crippen molar-refractivity contribution < 1.29 is 18.0 Å². The zero-order valence-corrected chi connectivity index (χ0v) is 17.6. The summed E-state index contributed by atoms with van der Waals surface area (Å²) in [6.07, 6.45) is -3.58. The second-order valence-electron chi connectivity index (χ2n) is 7.62.